The molecule has 2 N–H and O–H groups in total. The van der Waals surface area contributed by atoms with Crippen molar-refractivity contribution in [2.75, 3.05) is 0 Å². The molecule has 0 saturated carbocycles. The Balaban J connectivity index is 2.14. The van der Waals surface area contributed by atoms with Crippen molar-refractivity contribution in [1.29, 1.82) is 0 Å². The molecule has 0 amide bonds. The van der Waals surface area contributed by atoms with Crippen molar-refractivity contribution >= 4 is 44.6 Å². The van der Waals surface area contributed by atoms with Gasteiger partial charge in [0.15, 0.2) is 0 Å². The fourth-order valence-electron chi connectivity index (χ4n) is 2.16. The first-order valence-corrected chi connectivity index (χ1v) is 7.08. The van der Waals surface area contributed by atoms with Crippen LogP contribution in [0.1, 0.15) is 11.1 Å². The van der Waals surface area contributed by atoms with E-state index in [1.807, 2.05) is 30.3 Å². The van der Waals surface area contributed by atoms with Crippen molar-refractivity contribution in [3.63, 3.8) is 0 Å². The van der Waals surface area contributed by atoms with Crippen LogP contribution in [-0.4, -0.2) is 21.0 Å². The van der Waals surface area contributed by atoms with Gasteiger partial charge in [0.05, 0.1) is 5.57 Å². The second kappa shape index (κ2) is 5.54. The fourth-order valence-corrected chi connectivity index (χ4v) is 2.47. The van der Waals surface area contributed by atoms with Gasteiger partial charge in [0, 0.05) is 17.1 Å². The summed E-state index contributed by atoms with van der Waals surface area (Å²) in [4.78, 5) is 18.9. The van der Waals surface area contributed by atoms with Crippen LogP contribution in [0.3, 0.4) is 0 Å². The molecule has 4 nitrogen and oxygen atoms in total. The van der Waals surface area contributed by atoms with Crippen LogP contribution >= 0.6 is 15.9 Å². The number of nitrogens with one attached hydrogen (secondary N) is 1. The first kappa shape index (κ1) is 13.6. The molecule has 21 heavy (non-hydrogen) atoms. The highest BCUT2D eigenvalue weighted by molar-refractivity contribution is 9.10. The SMILES string of the molecule is O=C(O)/C(=C/c1c[nH]c2nc(Br)ccc12)c1ccccc1. The highest BCUT2D eigenvalue weighted by Gasteiger charge is 2.12. The first-order valence-electron chi connectivity index (χ1n) is 6.29. The van der Waals surface area contributed by atoms with Gasteiger partial charge >= 0.3 is 5.97 Å². The Morgan fingerprint density at radius 3 is 2.67 bits per heavy atom. The van der Waals surface area contributed by atoms with Crippen molar-refractivity contribution in [2.24, 2.45) is 0 Å². The molecule has 0 saturated heterocycles. The summed E-state index contributed by atoms with van der Waals surface area (Å²) in [6, 6.07) is 12.8. The number of carbonyl (C=O) groups is 1. The van der Waals surface area contributed by atoms with Gasteiger partial charge in [-0.05, 0) is 39.7 Å². The minimum absolute atomic E-state index is 0.249. The van der Waals surface area contributed by atoms with E-state index >= 15 is 0 Å². The van der Waals surface area contributed by atoms with Crippen LogP contribution in [0, 0.1) is 0 Å². The molecule has 5 heteroatoms. The third kappa shape index (κ3) is 2.73. The molecule has 0 fully saturated rings. The zero-order valence-corrected chi connectivity index (χ0v) is 12.5. The van der Waals surface area contributed by atoms with Crippen LogP contribution in [0.5, 0.6) is 0 Å². The third-order valence-corrected chi connectivity index (χ3v) is 3.59. The summed E-state index contributed by atoms with van der Waals surface area (Å²) >= 11 is 3.31. The van der Waals surface area contributed by atoms with E-state index in [0.717, 1.165) is 15.6 Å². The number of aliphatic carboxylic acids is 1. The number of aromatic nitrogens is 2. The van der Waals surface area contributed by atoms with Crippen molar-refractivity contribution in [3.8, 4) is 0 Å². The Labute approximate surface area is 129 Å². The van der Waals surface area contributed by atoms with Gasteiger partial charge in [-0.2, -0.15) is 0 Å². The van der Waals surface area contributed by atoms with E-state index in [0.29, 0.717) is 11.2 Å². The molecule has 0 unspecified atom stereocenters. The van der Waals surface area contributed by atoms with Gasteiger partial charge < -0.3 is 10.1 Å². The van der Waals surface area contributed by atoms with Gasteiger partial charge in [-0.1, -0.05) is 30.3 Å². The van der Waals surface area contributed by atoms with Crippen LogP contribution in [-0.2, 0) is 4.79 Å². The van der Waals surface area contributed by atoms with Crippen molar-refractivity contribution in [2.45, 2.75) is 0 Å². The molecular formula is C16H11BrN2O2. The Kier molecular flexibility index (Phi) is 3.58. The molecule has 0 atom stereocenters. The predicted octanol–water partition coefficient (Wildman–Crippen LogP) is 3.95. The number of H-pyrrole nitrogens is 1. The monoisotopic (exact) mass is 342 g/mol. The van der Waals surface area contributed by atoms with E-state index in [4.69, 9.17) is 0 Å². The van der Waals surface area contributed by atoms with Crippen LogP contribution < -0.4 is 0 Å². The smallest absolute Gasteiger partial charge is 0.336 e. The normalized spacial score (nSPS) is 11.8. The average Bonchev–Trinajstić information content (AvgIpc) is 2.87. The number of pyridine rings is 1. The van der Waals surface area contributed by atoms with Gasteiger partial charge in [0.2, 0.25) is 0 Å². The Morgan fingerprint density at radius 1 is 1.19 bits per heavy atom. The number of halogens is 1. The Hall–Kier alpha value is -2.40. The molecule has 0 aliphatic heterocycles. The predicted molar refractivity (Wildman–Crippen MR) is 85.7 cm³/mol. The first-order chi connectivity index (χ1) is 10.1. The number of fused-ring (bicyclic) bond motifs is 1. The summed E-state index contributed by atoms with van der Waals surface area (Å²) in [5.74, 6) is -0.958. The lowest BCUT2D eigenvalue weighted by molar-refractivity contribution is -0.130. The highest BCUT2D eigenvalue weighted by atomic mass is 79.9. The van der Waals surface area contributed by atoms with Gasteiger partial charge in [0.1, 0.15) is 10.3 Å². The molecule has 0 radical (unpaired) electrons. The van der Waals surface area contributed by atoms with E-state index in [1.54, 1.807) is 24.4 Å². The Bertz CT molecular complexity index is 838. The zero-order chi connectivity index (χ0) is 14.8. The number of rotatable bonds is 3. The Morgan fingerprint density at radius 2 is 1.95 bits per heavy atom. The van der Waals surface area contributed by atoms with E-state index < -0.39 is 5.97 Å². The minimum Gasteiger partial charge on any atom is -0.478 e. The van der Waals surface area contributed by atoms with Crippen molar-refractivity contribution < 1.29 is 9.90 Å². The molecule has 0 bridgehead atoms. The molecule has 0 aliphatic carbocycles. The lowest BCUT2D eigenvalue weighted by Gasteiger charge is -2.02. The van der Waals surface area contributed by atoms with E-state index in [9.17, 15) is 9.90 Å². The number of hydrogen-bond donors (Lipinski definition) is 2. The van der Waals surface area contributed by atoms with Crippen LogP contribution in [0.4, 0.5) is 0 Å². The molecule has 1 aromatic carbocycles. The molecule has 2 aromatic heterocycles. The van der Waals surface area contributed by atoms with E-state index in [1.165, 1.54) is 0 Å². The molecule has 104 valence electrons. The van der Waals surface area contributed by atoms with Crippen LogP contribution in [0.2, 0.25) is 0 Å². The molecule has 2 heterocycles. The molecule has 3 rings (SSSR count). The fraction of sp³-hybridized carbons (Fsp3) is 0. The van der Waals surface area contributed by atoms with E-state index in [-0.39, 0.29) is 5.57 Å². The van der Waals surface area contributed by atoms with Gasteiger partial charge in [0.25, 0.3) is 0 Å². The highest BCUT2D eigenvalue weighted by Crippen LogP contribution is 2.24. The molecular weight excluding hydrogens is 332 g/mol. The molecule has 0 aliphatic rings. The van der Waals surface area contributed by atoms with E-state index in [2.05, 4.69) is 25.9 Å². The average molecular weight is 343 g/mol. The van der Waals surface area contributed by atoms with Gasteiger partial charge in [-0.3, -0.25) is 0 Å². The van der Waals surface area contributed by atoms with Crippen molar-refractivity contribution in [1.82, 2.24) is 9.97 Å². The van der Waals surface area contributed by atoms with Gasteiger partial charge in [-0.15, -0.1) is 0 Å². The summed E-state index contributed by atoms with van der Waals surface area (Å²) in [5, 5.41) is 10.3. The number of aromatic amines is 1. The summed E-state index contributed by atoms with van der Waals surface area (Å²) in [7, 11) is 0. The largest absolute Gasteiger partial charge is 0.478 e. The summed E-state index contributed by atoms with van der Waals surface area (Å²) < 4.78 is 0.730. The number of hydrogen-bond acceptors (Lipinski definition) is 2. The number of carboxylic acids is 1. The quantitative estimate of drug-likeness (QED) is 0.559. The van der Waals surface area contributed by atoms with Crippen LogP contribution in [0.15, 0.2) is 53.3 Å². The van der Waals surface area contributed by atoms with Gasteiger partial charge in [-0.25, -0.2) is 9.78 Å². The molecule has 0 spiro atoms. The second-order valence-corrected chi connectivity index (χ2v) is 5.32. The maximum absolute atomic E-state index is 11.5. The maximum Gasteiger partial charge on any atom is 0.336 e. The third-order valence-electron chi connectivity index (χ3n) is 3.15. The minimum atomic E-state index is -0.958. The van der Waals surface area contributed by atoms with Crippen LogP contribution in [0.25, 0.3) is 22.7 Å². The number of nitrogens with zero attached hydrogens (tertiary/aromatic N) is 1. The summed E-state index contributed by atoms with van der Waals surface area (Å²) in [6.45, 7) is 0. The standard InChI is InChI=1S/C16H11BrN2O2/c17-14-7-6-12-11(9-18-15(12)19-14)8-13(16(20)21)10-4-2-1-3-5-10/h1-9H,(H,18,19)(H,20,21)/b13-8+. The lowest BCUT2D eigenvalue weighted by atomic mass is 10.0. The topological polar surface area (TPSA) is 66.0 Å². The number of benzene rings is 1. The maximum atomic E-state index is 11.5. The summed E-state index contributed by atoms with van der Waals surface area (Å²) in [5.41, 5.74) is 2.43. The summed E-state index contributed by atoms with van der Waals surface area (Å²) in [6.07, 6.45) is 3.42. The molecule has 3 aromatic rings. The number of carboxylic acid groups (broad SMARTS) is 1. The zero-order valence-electron chi connectivity index (χ0n) is 10.9. The second-order valence-electron chi connectivity index (χ2n) is 4.50. The van der Waals surface area contributed by atoms with Crippen molar-refractivity contribution in [3.05, 3.63) is 64.4 Å². The lowest BCUT2D eigenvalue weighted by Crippen LogP contribution is -1.99.